The summed E-state index contributed by atoms with van der Waals surface area (Å²) in [5, 5.41) is 8.48. The van der Waals surface area contributed by atoms with E-state index < -0.39 is 0 Å². The van der Waals surface area contributed by atoms with Gasteiger partial charge in [-0.15, -0.1) is 0 Å². The number of rotatable bonds is 5. The van der Waals surface area contributed by atoms with E-state index in [0.717, 1.165) is 19.3 Å². The van der Waals surface area contributed by atoms with Crippen LogP contribution in [0.4, 0.5) is 0 Å². The van der Waals surface area contributed by atoms with Gasteiger partial charge < -0.3 is 0 Å². The second-order valence-corrected chi connectivity index (χ2v) is 3.76. The van der Waals surface area contributed by atoms with Gasteiger partial charge in [-0.2, -0.15) is 5.26 Å². The van der Waals surface area contributed by atoms with Gasteiger partial charge in [0.05, 0.1) is 12.5 Å². The van der Waals surface area contributed by atoms with Crippen LogP contribution in [0.3, 0.4) is 0 Å². The van der Waals surface area contributed by atoms with Crippen LogP contribution < -0.4 is 0 Å². The van der Waals surface area contributed by atoms with E-state index >= 15 is 0 Å². The highest BCUT2D eigenvalue weighted by Gasteiger charge is 1.91. The molecule has 1 heteroatoms. The van der Waals surface area contributed by atoms with Crippen LogP contribution in [0.1, 0.15) is 31.7 Å². The van der Waals surface area contributed by atoms with Crippen LogP contribution in [0.2, 0.25) is 0 Å². The summed E-state index contributed by atoms with van der Waals surface area (Å²) >= 11 is 0. The number of nitrogens with zero attached hydrogens (tertiary/aromatic N) is 1. The number of aryl methyl sites for hydroxylation is 1. The van der Waals surface area contributed by atoms with Crippen molar-refractivity contribution in [2.75, 3.05) is 0 Å². The van der Waals surface area contributed by atoms with Gasteiger partial charge in [0.1, 0.15) is 0 Å². The van der Waals surface area contributed by atoms with Crippen molar-refractivity contribution in [1.82, 2.24) is 0 Å². The second-order valence-electron chi connectivity index (χ2n) is 3.76. The normalized spacial score (nSPS) is 11.1. The number of hydrogen-bond donors (Lipinski definition) is 0. The first-order valence-electron chi connectivity index (χ1n) is 5.39. The number of allylic oxidation sites excluding steroid dienone is 2. The smallest absolute Gasteiger partial charge is 0.0666 e. The zero-order chi connectivity index (χ0) is 10.9. The van der Waals surface area contributed by atoms with E-state index in [0.29, 0.717) is 6.42 Å². The predicted octanol–water partition coefficient (Wildman–Crippen LogP) is 3.87. The number of hydrogen-bond acceptors (Lipinski definition) is 1. The first-order valence-corrected chi connectivity index (χ1v) is 5.39. The van der Waals surface area contributed by atoms with E-state index in [4.69, 9.17) is 5.26 Å². The summed E-state index contributed by atoms with van der Waals surface area (Å²) in [6.07, 6.45) is 6.09. The zero-order valence-corrected chi connectivity index (χ0v) is 9.24. The molecule has 0 spiro atoms. The molecule has 0 saturated carbocycles. The minimum Gasteiger partial charge on any atom is -0.198 e. The lowest BCUT2D eigenvalue weighted by molar-refractivity contribution is 0.836. The molecule has 0 unspecified atom stereocenters. The molecule has 0 atom stereocenters. The number of nitriles is 1. The van der Waals surface area contributed by atoms with Crippen LogP contribution >= 0.6 is 0 Å². The van der Waals surface area contributed by atoms with Gasteiger partial charge in [0.15, 0.2) is 0 Å². The van der Waals surface area contributed by atoms with Crippen molar-refractivity contribution in [2.45, 2.75) is 32.6 Å². The molecule has 0 bridgehead atoms. The molecule has 0 saturated heterocycles. The standard InChI is InChI=1S/C14H17N/c1-13(11-12-15)7-5-6-10-14-8-3-2-4-9-14/h2-4,7-9H,5-6,10-11H2,1H3/b13-7+. The molecule has 1 rings (SSSR count). The molecule has 0 aliphatic rings. The van der Waals surface area contributed by atoms with Gasteiger partial charge in [-0.1, -0.05) is 42.0 Å². The summed E-state index contributed by atoms with van der Waals surface area (Å²) in [5.74, 6) is 0. The van der Waals surface area contributed by atoms with Gasteiger partial charge in [-0.25, -0.2) is 0 Å². The average Bonchev–Trinajstić information content (AvgIpc) is 2.26. The van der Waals surface area contributed by atoms with E-state index in [1.54, 1.807) is 0 Å². The third-order valence-corrected chi connectivity index (χ3v) is 2.36. The fourth-order valence-electron chi connectivity index (χ4n) is 1.50. The summed E-state index contributed by atoms with van der Waals surface area (Å²) in [7, 11) is 0. The van der Waals surface area contributed by atoms with Gasteiger partial charge in [0.25, 0.3) is 0 Å². The van der Waals surface area contributed by atoms with Crippen LogP contribution in [0, 0.1) is 11.3 Å². The quantitative estimate of drug-likeness (QED) is 0.521. The topological polar surface area (TPSA) is 23.8 Å². The Morgan fingerprint density at radius 2 is 2.07 bits per heavy atom. The maximum absolute atomic E-state index is 8.48. The number of unbranched alkanes of at least 4 members (excludes halogenated alkanes) is 1. The van der Waals surface area contributed by atoms with E-state index in [2.05, 4.69) is 36.4 Å². The van der Waals surface area contributed by atoms with Gasteiger partial charge in [-0.05, 0) is 31.7 Å². The minimum atomic E-state index is 0.561. The molecule has 0 radical (unpaired) electrons. The fourth-order valence-corrected chi connectivity index (χ4v) is 1.50. The Morgan fingerprint density at radius 3 is 2.73 bits per heavy atom. The summed E-state index contributed by atoms with van der Waals surface area (Å²) in [6.45, 7) is 2.02. The van der Waals surface area contributed by atoms with Crippen LogP contribution in [-0.2, 0) is 6.42 Å². The molecule has 0 fully saturated rings. The zero-order valence-electron chi connectivity index (χ0n) is 9.24. The summed E-state index contributed by atoms with van der Waals surface area (Å²) in [5.41, 5.74) is 2.58. The molecule has 0 aliphatic heterocycles. The molecule has 0 amide bonds. The molecule has 0 heterocycles. The highest BCUT2D eigenvalue weighted by atomic mass is 14.2. The monoisotopic (exact) mass is 199 g/mol. The van der Waals surface area contributed by atoms with Crippen LogP contribution in [0.15, 0.2) is 42.0 Å². The van der Waals surface area contributed by atoms with Crippen LogP contribution in [0.25, 0.3) is 0 Å². The van der Waals surface area contributed by atoms with Crippen molar-refractivity contribution < 1.29 is 0 Å². The fraction of sp³-hybridized carbons (Fsp3) is 0.357. The Hall–Kier alpha value is -1.55. The van der Waals surface area contributed by atoms with E-state index in [-0.39, 0.29) is 0 Å². The Bertz CT molecular complexity index is 343. The van der Waals surface area contributed by atoms with Crippen molar-refractivity contribution in [3.8, 4) is 6.07 Å². The highest BCUT2D eigenvalue weighted by molar-refractivity contribution is 5.14. The van der Waals surface area contributed by atoms with E-state index in [9.17, 15) is 0 Å². The molecule has 1 nitrogen and oxygen atoms in total. The molecule has 1 aromatic carbocycles. The van der Waals surface area contributed by atoms with Crippen LogP contribution in [-0.4, -0.2) is 0 Å². The Labute approximate surface area is 92.1 Å². The van der Waals surface area contributed by atoms with E-state index in [1.807, 2.05) is 13.0 Å². The summed E-state index contributed by atoms with van der Waals surface area (Å²) in [6, 6.07) is 12.7. The Morgan fingerprint density at radius 1 is 1.33 bits per heavy atom. The highest BCUT2D eigenvalue weighted by Crippen LogP contribution is 2.07. The minimum absolute atomic E-state index is 0.561. The lowest BCUT2D eigenvalue weighted by Gasteiger charge is -1.99. The first-order chi connectivity index (χ1) is 7.33. The van der Waals surface area contributed by atoms with Crippen molar-refractivity contribution in [3.05, 3.63) is 47.5 Å². The maximum atomic E-state index is 8.48. The van der Waals surface area contributed by atoms with Crippen LogP contribution in [0.5, 0.6) is 0 Å². The van der Waals surface area contributed by atoms with E-state index in [1.165, 1.54) is 11.1 Å². The molecule has 0 aromatic heterocycles. The summed E-state index contributed by atoms with van der Waals surface area (Å²) in [4.78, 5) is 0. The molecule has 78 valence electrons. The maximum Gasteiger partial charge on any atom is 0.0666 e. The van der Waals surface area contributed by atoms with Crippen molar-refractivity contribution in [1.29, 1.82) is 5.26 Å². The molecular formula is C14H17N. The molecule has 0 aliphatic carbocycles. The first kappa shape index (κ1) is 11.5. The van der Waals surface area contributed by atoms with Gasteiger partial charge in [0.2, 0.25) is 0 Å². The van der Waals surface area contributed by atoms with Gasteiger partial charge in [-0.3, -0.25) is 0 Å². The second kappa shape index (κ2) is 6.84. The Balaban J connectivity index is 2.23. The van der Waals surface area contributed by atoms with Crippen molar-refractivity contribution in [3.63, 3.8) is 0 Å². The predicted molar refractivity (Wildman–Crippen MR) is 63.4 cm³/mol. The van der Waals surface area contributed by atoms with Crippen molar-refractivity contribution >= 4 is 0 Å². The number of benzene rings is 1. The lowest BCUT2D eigenvalue weighted by atomic mass is 10.1. The molecule has 1 aromatic rings. The average molecular weight is 199 g/mol. The molecular weight excluding hydrogens is 182 g/mol. The van der Waals surface area contributed by atoms with Gasteiger partial charge in [0, 0.05) is 0 Å². The Kier molecular flexibility index (Phi) is 5.25. The lowest BCUT2D eigenvalue weighted by Crippen LogP contribution is -1.83. The third-order valence-electron chi connectivity index (χ3n) is 2.36. The van der Waals surface area contributed by atoms with Crippen molar-refractivity contribution in [2.24, 2.45) is 0 Å². The molecule has 15 heavy (non-hydrogen) atoms. The summed E-state index contributed by atoms with van der Waals surface area (Å²) < 4.78 is 0. The third kappa shape index (κ3) is 5.02. The SMILES string of the molecule is C/C(=C\CCCc1ccccc1)CC#N. The largest absolute Gasteiger partial charge is 0.198 e. The molecule has 0 N–H and O–H groups in total. The van der Waals surface area contributed by atoms with Gasteiger partial charge >= 0.3 is 0 Å².